The smallest absolute Gasteiger partial charge is 0.226 e. The maximum Gasteiger partial charge on any atom is 0.226 e. The maximum absolute atomic E-state index is 12.0. The maximum atomic E-state index is 12.0. The van der Waals surface area contributed by atoms with Gasteiger partial charge in [-0.15, -0.1) is 0 Å². The first kappa shape index (κ1) is 11.6. The summed E-state index contributed by atoms with van der Waals surface area (Å²) in [6.07, 6.45) is 2.86. The van der Waals surface area contributed by atoms with Crippen LogP contribution in [0.2, 0.25) is 0 Å². The fourth-order valence-corrected chi connectivity index (χ4v) is 2.57. The average molecular weight is 282 g/mol. The molecule has 0 aromatic heterocycles. The number of rotatable bonds is 2. The minimum absolute atomic E-state index is 0.267. The molecular formula is C13H16BrNO. The van der Waals surface area contributed by atoms with E-state index < -0.39 is 0 Å². The van der Waals surface area contributed by atoms with Crippen LogP contribution in [0.15, 0.2) is 22.7 Å². The minimum Gasteiger partial charge on any atom is -0.342 e. The summed E-state index contributed by atoms with van der Waals surface area (Å²) in [5.74, 6) is 0.267. The Morgan fingerprint density at radius 3 is 2.69 bits per heavy atom. The van der Waals surface area contributed by atoms with Crippen LogP contribution in [0, 0.1) is 6.92 Å². The molecule has 0 radical (unpaired) electrons. The molecule has 0 aliphatic carbocycles. The lowest BCUT2D eigenvalue weighted by Gasteiger charge is -2.16. The van der Waals surface area contributed by atoms with Gasteiger partial charge < -0.3 is 4.90 Å². The molecular weight excluding hydrogens is 266 g/mol. The van der Waals surface area contributed by atoms with Gasteiger partial charge in [0.15, 0.2) is 0 Å². The quantitative estimate of drug-likeness (QED) is 0.816. The second kappa shape index (κ2) is 5.00. The van der Waals surface area contributed by atoms with Crippen LogP contribution in [0.3, 0.4) is 0 Å². The summed E-state index contributed by atoms with van der Waals surface area (Å²) in [7, 11) is 0. The Bertz CT molecular complexity index is 397. The van der Waals surface area contributed by atoms with Crippen molar-refractivity contribution in [1.29, 1.82) is 0 Å². The summed E-state index contributed by atoms with van der Waals surface area (Å²) >= 11 is 3.43. The number of hydrogen-bond acceptors (Lipinski definition) is 1. The summed E-state index contributed by atoms with van der Waals surface area (Å²) in [5, 5.41) is 0. The van der Waals surface area contributed by atoms with Gasteiger partial charge in [0.25, 0.3) is 0 Å². The van der Waals surface area contributed by atoms with Crippen LogP contribution in [0.1, 0.15) is 24.0 Å². The molecule has 0 atom stereocenters. The van der Waals surface area contributed by atoms with Gasteiger partial charge in [0.2, 0.25) is 5.91 Å². The highest BCUT2D eigenvalue weighted by molar-refractivity contribution is 9.10. The normalized spacial score (nSPS) is 15.5. The summed E-state index contributed by atoms with van der Waals surface area (Å²) in [4.78, 5) is 13.9. The Balaban J connectivity index is 2.05. The summed E-state index contributed by atoms with van der Waals surface area (Å²) in [6.45, 7) is 3.93. The van der Waals surface area contributed by atoms with Gasteiger partial charge in [-0.2, -0.15) is 0 Å². The van der Waals surface area contributed by atoms with Crippen LogP contribution in [0.4, 0.5) is 0 Å². The number of aryl methyl sites for hydroxylation is 1. The minimum atomic E-state index is 0.267. The van der Waals surface area contributed by atoms with Crippen molar-refractivity contribution in [2.75, 3.05) is 13.1 Å². The molecule has 2 nitrogen and oxygen atoms in total. The molecule has 1 saturated heterocycles. The molecule has 3 heteroatoms. The number of likely N-dealkylation sites (tertiary alicyclic amines) is 1. The zero-order valence-electron chi connectivity index (χ0n) is 9.50. The molecule has 0 bridgehead atoms. The fourth-order valence-electron chi connectivity index (χ4n) is 2.10. The highest BCUT2D eigenvalue weighted by atomic mass is 79.9. The largest absolute Gasteiger partial charge is 0.342 e. The van der Waals surface area contributed by atoms with Crippen molar-refractivity contribution in [3.63, 3.8) is 0 Å². The first-order valence-electron chi connectivity index (χ1n) is 5.69. The third-order valence-electron chi connectivity index (χ3n) is 3.11. The van der Waals surface area contributed by atoms with Crippen molar-refractivity contribution in [3.05, 3.63) is 33.8 Å². The molecule has 1 fully saturated rings. The van der Waals surface area contributed by atoms with E-state index in [1.807, 2.05) is 17.0 Å². The molecule has 2 rings (SSSR count). The van der Waals surface area contributed by atoms with Gasteiger partial charge in [-0.3, -0.25) is 4.79 Å². The van der Waals surface area contributed by atoms with Gasteiger partial charge in [0.1, 0.15) is 0 Å². The van der Waals surface area contributed by atoms with Crippen LogP contribution < -0.4 is 0 Å². The van der Waals surface area contributed by atoms with Crippen LogP contribution >= 0.6 is 15.9 Å². The molecule has 0 N–H and O–H groups in total. The van der Waals surface area contributed by atoms with Crippen molar-refractivity contribution in [1.82, 2.24) is 4.90 Å². The molecule has 0 unspecified atom stereocenters. The van der Waals surface area contributed by atoms with Crippen molar-refractivity contribution in [2.24, 2.45) is 0 Å². The molecule has 1 heterocycles. The lowest BCUT2D eigenvalue weighted by Crippen LogP contribution is -2.29. The van der Waals surface area contributed by atoms with Crippen LogP contribution in [-0.4, -0.2) is 23.9 Å². The summed E-state index contributed by atoms with van der Waals surface area (Å²) in [5.41, 5.74) is 2.32. The summed E-state index contributed by atoms with van der Waals surface area (Å²) < 4.78 is 1.07. The molecule has 1 amide bonds. The first-order chi connectivity index (χ1) is 7.66. The van der Waals surface area contributed by atoms with E-state index in [0.717, 1.165) is 36.0 Å². The second-order valence-corrected chi connectivity index (χ2v) is 5.25. The van der Waals surface area contributed by atoms with E-state index in [1.165, 1.54) is 5.56 Å². The number of carbonyl (C=O) groups is 1. The third kappa shape index (κ3) is 2.64. The lowest BCUT2D eigenvalue weighted by atomic mass is 10.1. The zero-order valence-corrected chi connectivity index (χ0v) is 11.1. The Morgan fingerprint density at radius 2 is 2.06 bits per heavy atom. The van der Waals surface area contributed by atoms with E-state index >= 15 is 0 Å². The monoisotopic (exact) mass is 281 g/mol. The van der Waals surface area contributed by atoms with Crippen molar-refractivity contribution in [2.45, 2.75) is 26.2 Å². The number of benzene rings is 1. The van der Waals surface area contributed by atoms with Gasteiger partial charge >= 0.3 is 0 Å². The van der Waals surface area contributed by atoms with Crippen LogP contribution in [0.5, 0.6) is 0 Å². The second-order valence-electron chi connectivity index (χ2n) is 4.34. The average Bonchev–Trinajstić information content (AvgIpc) is 2.75. The highest BCUT2D eigenvalue weighted by Crippen LogP contribution is 2.18. The number of hydrogen-bond donors (Lipinski definition) is 0. The molecule has 0 spiro atoms. The van der Waals surface area contributed by atoms with Crippen LogP contribution in [0.25, 0.3) is 0 Å². The molecule has 1 aliphatic rings. The van der Waals surface area contributed by atoms with Crippen molar-refractivity contribution in [3.8, 4) is 0 Å². The predicted octanol–water partition coefficient (Wildman–Crippen LogP) is 2.92. The number of halogens is 1. The Morgan fingerprint density at radius 1 is 1.38 bits per heavy atom. The number of amides is 1. The van der Waals surface area contributed by atoms with Gasteiger partial charge in [0.05, 0.1) is 6.42 Å². The van der Waals surface area contributed by atoms with E-state index in [2.05, 4.69) is 28.9 Å². The van der Waals surface area contributed by atoms with Crippen molar-refractivity contribution < 1.29 is 4.79 Å². The van der Waals surface area contributed by atoms with E-state index in [9.17, 15) is 4.79 Å². The van der Waals surface area contributed by atoms with E-state index in [4.69, 9.17) is 0 Å². The molecule has 0 saturated carbocycles. The topological polar surface area (TPSA) is 20.3 Å². The third-order valence-corrected chi connectivity index (χ3v) is 3.60. The Hall–Kier alpha value is -0.830. The van der Waals surface area contributed by atoms with E-state index in [1.54, 1.807) is 0 Å². The van der Waals surface area contributed by atoms with Gasteiger partial charge in [-0.1, -0.05) is 22.0 Å². The lowest BCUT2D eigenvalue weighted by molar-refractivity contribution is -0.129. The van der Waals surface area contributed by atoms with Gasteiger partial charge in [-0.25, -0.2) is 0 Å². The Kier molecular flexibility index (Phi) is 3.64. The summed E-state index contributed by atoms with van der Waals surface area (Å²) in [6, 6.07) is 6.10. The predicted molar refractivity (Wildman–Crippen MR) is 68.4 cm³/mol. The Labute approximate surface area is 105 Å². The van der Waals surface area contributed by atoms with E-state index in [-0.39, 0.29) is 5.91 Å². The van der Waals surface area contributed by atoms with E-state index in [0.29, 0.717) is 6.42 Å². The highest BCUT2D eigenvalue weighted by Gasteiger charge is 2.18. The van der Waals surface area contributed by atoms with Gasteiger partial charge in [0, 0.05) is 17.6 Å². The molecule has 1 aromatic carbocycles. The molecule has 1 aliphatic heterocycles. The fraction of sp³-hybridized carbons (Fsp3) is 0.462. The number of nitrogens with zero attached hydrogens (tertiary/aromatic N) is 1. The SMILES string of the molecule is Cc1cc(Br)ccc1CC(=O)N1CCCC1. The van der Waals surface area contributed by atoms with Gasteiger partial charge in [-0.05, 0) is 43.0 Å². The molecule has 16 heavy (non-hydrogen) atoms. The first-order valence-corrected chi connectivity index (χ1v) is 6.49. The number of carbonyl (C=O) groups excluding carboxylic acids is 1. The van der Waals surface area contributed by atoms with Crippen molar-refractivity contribution >= 4 is 21.8 Å². The zero-order chi connectivity index (χ0) is 11.5. The molecule has 1 aromatic rings. The van der Waals surface area contributed by atoms with Crippen LogP contribution in [-0.2, 0) is 11.2 Å². The molecule has 86 valence electrons. The standard InChI is InChI=1S/C13H16BrNO/c1-10-8-12(14)5-4-11(10)9-13(16)15-6-2-3-7-15/h4-5,8H,2-3,6-7,9H2,1H3.